The largest absolute Gasteiger partial charge is 0.460 e. The SMILES string of the molecule is CC(C)OCCOC(=O)c1cnn(Cc2ccccc2Cl)c1. The van der Waals surface area contributed by atoms with Gasteiger partial charge in [-0.2, -0.15) is 5.10 Å². The van der Waals surface area contributed by atoms with Crippen molar-refractivity contribution in [3.8, 4) is 0 Å². The van der Waals surface area contributed by atoms with E-state index in [9.17, 15) is 4.79 Å². The molecule has 0 unspecified atom stereocenters. The van der Waals surface area contributed by atoms with Crippen LogP contribution in [0.4, 0.5) is 0 Å². The summed E-state index contributed by atoms with van der Waals surface area (Å²) in [6.07, 6.45) is 3.26. The van der Waals surface area contributed by atoms with E-state index in [0.29, 0.717) is 23.7 Å². The molecule has 0 bridgehead atoms. The Morgan fingerprint density at radius 3 is 2.82 bits per heavy atom. The summed E-state index contributed by atoms with van der Waals surface area (Å²) in [5, 5.41) is 4.83. The van der Waals surface area contributed by atoms with Crippen LogP contribution in [0.5, 0.6) is 0 Å². The maximum atomic E-state index is 11.9. The Bertz CT molecular complexity index is 625. The fraction of sp³-hybridized carbons (Fsp3) is 0.375. The molecule has 5 nitrogen and oxygen atoms in total. The van der Waals surface area contributed by atoms with Gasteiger partial charge in [-0.05, 0) is 25.5 Å². The van der Waals surface area contributed by atoms with Crippen molar-refractivity contribution in [2.24, 2.45) is 0 Å². The van der Waals surface area contributed by atoms with Crippen molar-refractivity contribution >= 4 is 17.6 Å². The van der Waals surface area contributed by atoms with Crippen molar-refractivity contribution in [3.63, 3.8) is 0 Å². The number of carbonyl (C=O) groups is 1. The van der Waals surface area contributed by atoms with Gasteiger partial charge in [0.15, 0.2) is 0 Å². The first-order valence-corrected chi connectivity index (χ1v) is 7.48. The Hall–Kier alpha value is -1.85. The van der Waals surface area contributed by atoms with Crippen LogP contribution < -0.4 is 0 Å². The maximum absolute atomic E-state index is 11.9. The molecule has 2 aromatic rings. The maximum Gasteiger partial charge on any atom is 0.341 e. The molecule has 0 saturated heterocycles. The fourth-order valence-corrected chi connectivity index (χ4v) is 2.05. The predicted octanol–water partition coefficient (Wildman–Crippen LogP) is 3.17. The Morgan fingerprint density at radius 1 is 1.32 bits per heavy atom. The van der Waals surface area contributed by atoms with Crippen molar-refractivity contribution in [2.45, 2.75) is 26.5 Å². The second-order valence-electron chi connectivity index (χ2n) is 5.07. The Balaban J connectivity index is 1.88. The minimum Gasteiger partial charge on any atom is -0.460 e. The lowest BCUT2D eigenvalue weighted by atomic mass is 10.2. The number of carbonyl (C=O) groups excluding carboxylic acids is 1. The van der Waals surface area contributed by atoms with Crippen LogP contribution in [0.25, 0.3) is 0 Å². The smallest absolute Gasteiger partial charge is 0.341 e. The van der Waals surface area contributed by atoms with Gasteiger partial charge in [-0.15, -0.1) is 0 Å². The van der Waals surface area contributed by atoms with Crippen LogP contribution in [-0.2, 0) is 16.0 Å². The molecule has 0 atom stereocenters. The minimum atomic E-state index is -0.405. The molecular weight excluding hydrogens is 304 g/mol. The highest BCUT2D eigenvalue weighted by molar-refractivity contribution is 6.31. The molecule has 0 aliphatic rings. The average molecular weight is 323 g/mol. The zero-order chi connectivity index (χ0) is 15.9. The molecule has 0 aliphatic carbocycles. The van der Waals surface area contributed by atoms with E-state index in [1.54, 1.807) is 10.9 Å². The first kappa shape index (κ1) is 16.5. The van der Waals surface area contributed by atoms with Gasteiger partial charge in [-0.25, -0.2) is 4.79 Å². The molecule has 0 fully saturated rings. The topological polar surface area (TPSA) is 53.4 Å². The van der Waals surface area contributed by atoms with Crippen LogP contribution in [0, 0.1) is 0 Å². The van der Waals surface area contributed by atoms with Crippen molar-refractivity contribution < 1.29 is 14.3 Å². The van der Waals surface area contributed by atoms with Crippen LogP contribution >= 0.6 is 11.6 Å². The highest BCUT2D eigenvalue weighted by Gasteiger charge is 2.11. The second kappa shape index (κ2) is 7.96. The molecule has 0 saturated carbocycles. The molecule has 0 spiro atoms. The van der Waals surface area contributed by atoms with Gasteiger partial charge >= 0.3 is 5.97 Å². The van der Waals surface area contributed by atoms with Gasteiger partial charge in [0.1, 0.15) is 6.61 Å². The number of aromatic nitrogens is 2. The van der Waals surface area contributed by atoms with E-state index in [2.05, 4.69) is 5.10 Å². The second-order valence-corrected chi connectivity index (χ2v) is 5.48. The number of halogens is 1. The first-order chi connectivity index (χ1) is 10.6. The normalized spacial score (nSPS) is 10.9. The molecule has 2 rings (SSSR count). The summed E-state index contributed by atoms with van der Waals surface area (Å²) >= 11 is 6.11. The van der Waals surface area contributed by atoms with Crippen LogP contribution in [0.2, 0.25) is 5.02 Å². The Kier molecular flexibility index (Phi) is 5.98. The quantitative estimate of drug-likeness (QED) is 0.580. The van der Waals surface area contributed by atoms with Crippen molar-refractivity contribution in [1.82, 2.24) is 9.78 Å². The van der Waals surface area contributed by atoms with E-state index in [1.807, 2.05) is 38.1 Å². The summed E-state index contributed by atoms with van der Waals surface area (Å²) in [6, 6.07) is 7.53. The van der Waals surface area contributed by atoms with Gasteiger partial charge in [-0.1, -0.05) is 29.8 Å². The number of esters is 1. The highest BCUT2D eigenvalue weighted by Crippen LogP contribution is 2.16. The van der Waals surface area contributed by atoms with Gasteiger partial charge in [0.25, 0.3) is 0 Å². The third-order valence-corrected chi connectivity index (χ3v) is 3.30. The van der Waals surface area contributed by atoms with Crippen LogP contribution in [0.3, 0.4) is 0 Å². The number of hydrogen-bond donors (Lipinski definition) is 0. The number of ether oxygens (including phenoxy) is 2. The zero-order valence-corrected chi connectivity index (χ0v) is 13.4. The molecule has 6 heteroatoms. The monoisotopic (exact) mass is 322 g/mol. The van der Waals surface area contributed by atoms with Crippen molar-refractivity contribution in [3.05, 3.63) is 52.8 Å². The summed E-state index contributed by atoms with van der Waals surface area (Å²) in [5.74, 6) is -0.405. The summed E-state index contributed by atoms with van der Waals surface area (Å²) < 4.78 is 12.1. The van der Waals surface area contributed by atoms with Crippen LogP contribution in [0.15, 0.2) is 36.7 Å². The molecule has 118 valence electrons. The third kappa shape index (κ3) is 4.86. The van der Waals surface area contributed by atoms with E-state index in [0.717, 1.165) is 5.56 Å². The summed E-state index contributed by atoms with van der Waals surface area (Å²) in [7, 11) is 0. The predicted molar refractivity (Wildman–Crippen MR) is 84.2 cm³/mol. The third-order valence-electron chi connectivity index (χ3n) is 2.93. The van der Waals surface area contributed by atoms with Gasteiger partial charge in [-0.3, -0.25) is 4.68 Å². The molecule has 1 aromatic heterocycles. The molecule has 0 aliphatic heterocycles. The molecular formula is C16H19ClN2O3. The minimum absolute atomic E-state index is 0.122. The summed E-state index contributed by atoms with van der Waals surface area (Å²) in [6.45, 7) is 4.98. The lowest BCUT2D eigenvalue weighted by molar-refractivity contribution is 0.0177. The van der Waals surface area contributed by atoms with E-state index in [-0.39, 0.29) is 12.7 Å². The lowest BCUT2D eigenvalue weighted by Gasteiger charge is -2.07. The lowest BCUT2D eigenvalue weighted by Crippen LogP contribution is -2.13. The van der Waals surface area contributed by atoms with Crippen LogP contribution in [0.1, 0.15) is 29.8 Å². The number of rotatable bonds is 7. The van der Waals surface area contributed by atoms with Gasteiger partial charge in [0.2, 0.25) is 0 Å². The van der Waals surface area contributed by atoms with Crippen LogP contribution in [-0.4, -0.2) is 35.1 Å². The first-order valence-electron chi connectivity index (χ1n) is 7.11. The van der Waals surface area contributed by atoms with E-state index in [1.165, 1.54) is 6.20 Å². The standard InChI is InChI=1S/C16H19ClN2O3/c1-12(2)21-7-8-22-16(20)14-9-18-19(11-14)10-13-5-3-4-6-15(13)17/h3-6,9,11-12H,7-8,10H2,1-2H3. The summed E-state index contributed by atoms with van der Waals surface area (Å²) in [5.41, 5.74) is 1.36. The van der Waals surface area contributed by atoms with Gasteiger partial charge in [0, 0.05) is 11.2 Å². The molecule has 22 heavy (non-hydrogen) atoms. The van der Waals surface area contributed by atoms with Crippen molar-refractivity contribution in [1.29, 1.82) is 0 Å². The van der Waals surface area contributed by atoms with Gasteiger partial charge < -0.3 is 9.47 Å². The molecule has 0 radical (unpaired) electrons. The molecule has 1 heterocycles. The number of hydrogen-bond acceptors (Lipinski definition) is 4. The Labute approximate surface area is 134 Å². The average Bonchev–Trinajstić information content (AvgIpc) is 2.94. The molecule has 1 aromatic carbocycles. The zero-order valence-electron chi connectivity index (χ0n) is 12.7. The summed E-state index contributed by atoms with van der Waals surface area (Å²) in [4.78, 5) is 11.9. The molecule has 0 N–H and O–H groups in total. The van der Waals surface area contributed by atoms with E-state index < -0.39 is 5.97 Å². The van der Waals surface area contributed by atoms with Crippen molar-refractivity contribution in [2.75, 3.05) is 13.2 Å². The fourth-order valence-electron chi connectivity index (χ4n) is 1.86. The highest BCUT2D eigenvalue weighted by atomic mass is 35.5. The number of benzene rings is 1. The Morgan fingerprint density at radius 2 is 2.09 bits per heavy atom. The molecule has 0 amide bonds. The van der Waals surface area contributed by atoms with Gasteiger partial charge in [0.05, 0.1) is 31.0 Å². The number of nitrogens with zero attached hydrogens (tertiary/aromatic N) is 2. The van der Waals surface area contributed by atoms with E-state index in [4.69, 9.17) is 21.1 Å². The van der Waals surface area contributed by atoms with E-state index >= 15 is 0 Å².